The summed E-state index contributed by atoms with van der Waals surface area (Å²) in [4.78, 5) is 12.5. The molecule has 2 atom stereocenters. The third-order valence-corrected chi connectivity index (χ3v) is 14.0. The molecule has 0 saturated heterocycles. The van der Waals surface area contributed by atoms with E-state index in [1.807, 2.05) is 6.08 Å². The Morgan fingerprint density at radius 1 is 0.342 bits per heavy atom. The second kappa shape index (κ2) is 63.3. The number of hydrogen-bond donors (Lipinski definition) is 3. The maximum atomic E-state index is 12.5. The van der Waals surface area contributed by atoms with Gasteiger partial charge in [0.05, 0.1) is 18.8 Å². The van der Waals surface area contributed by atoms with Crippen molar-refractivity contribution in [2.75, 3.05) is 6.61 Å². The van der Waals surface area contributed by atoms with Crippen molar-refractivity contribution >= 4 is 5.91 Å². The Hall–Kier alpha value is -2.95. The molecule has 2 unspecified atom stereocenters. The van der Waals surface area contributed by atoms with E-state index in [1.54, 1.807) is 6.08 Å². The fraction of sp³-hybridized carbons (Fsp3) is 0.725. The molecule has 0 rings (SSSR count). The van der Waals surface area contributed by atoms with Crippen LogP contribution in [0.15, 0.2) is 109 Å². The minimum atomic E-state index is -0.855. The fourth-order valence-corrected chi connectivity index (χ4v) is 9.26. The van der Waals surface area contributed by atoms with Crippen molar-refractivity contribution in [3.63, 3.8) is 0 Å². The van der Waals surface area contributed by atoms with Gasteiger partial charge in [0.2, 0.25) is 5.91 Å². The number of aliphatic hydroxyl groups excluding tert-OH is 2. The van der Waals surface area contributed by atoms with Gasteiger partial charge in [-0.2, -0.15) is 0 Å². The smallest absolute Gasteiger partial charge is 0.220 e. The molecule has 3 N–H and O–H groups in total. The summed E-state index contributed by atoms with van der Waals surface area (Å²) in [6.07, 6.45) is 95.6. The van der Waals surface area contributed by atoms with Gasteiger partial charge in [0.1, 0.15) is 0 Å². The molecule has 0 heterocycles. The first-order valence-electron chi connectivity index (χ1n) is 31.6. The Morgan fingerprint density at radius 3 is 0.904 bits per heavy atom. The molecule has 4 nitrogen and oxygen atoms in total. The first-order chi connectivity index (χ1) is 36.2. The average molecular weight is 1010 g/mol. The molecule has 0 aromatic carbocycles. The standard InChI is InChI=1S/C69H121NO3/c1-3-5-7-9-11-13-15-17-19-21-23-25-27-29-31-33-35-37-39-41-43-45-47-49-51-53-55-57-59-61-63-65-69(73)70-67(66-71)68(72)64-62-60-58-56-54-52-50-48-46-44-42-40-38-36-34-32-30-28-26-24-22-20-18-16-14-12-10-8-6-4-2/h5,7,11,13,17,19,23,25,29,31,35,37,41,43,47,49,62,64,67-68,71-72H,3-4,6,8-10,12,14-16,18,20-22,24,26-28,30,32-34,36,38-40,42,44-46,48,50-61,63,65-66H2,1-2H3,(H,70,73)/b7-5-,13-11-,19-17-,25-23-,31-29-,37-35-,43-41-,49-47-,64-62+. The maximum Gasteiger partial charge on any atom is 0.220 e. The van der Waals surface area contributed by atoms with E-state index in [1.165, 1.54) is 193 Å². The number of carbonyl (C=O) groups is 1. The Balaban J connectivity index is 3.57. The van der Waals surface area contributed by atoms with Crippen molar-refractivity contribution in [3.8, 4) is 0 Å². The second-order valence-electron chi connectivity index (χ2n) is 21.1. The van der Waals surface area contributed by atoms with Gasteiger partial charge in [-0.05, 0) is 83.5 Å². The van der Waals surface area contributed by atoms with Gasteiger partial charge < -0.3 is 15.5 Å². The van der Waals surface area contributed by atoms with E-state index >= 15 is 0 Å². The van der Waals surface area contributed by atoms with Crippen LogP contribution < -0.4 is 5.32 Å². The van der Waals surface area contributed by atoms with Gasteiger partial charge >= 0.3 is 0 Å². The zero-order valence-corrected chi connectivity index (χ0v) is 48.4. The highest BCUT2D eigenvalue weighted by Crippen LogP contribution is 2.17. The summed E-state index contributed by atoms with van der Waals surface area (Å²) < 4.78 is 0. The van der Waals surface area contributed by atoms with E-state index in [4.69, 9.17) is 0 Å². The van der Waals surface area contributed by atoms with Gasteiger partial charge in [0, 0.05) is 6.42 Å². The Labute approximate surface area is 455 Å². The molecule has 0 saturated carbocycles. The summed E-state index contributed by atoms with van der Waals surface area (Å²) in [6.45, 7) is 4.21. The lowest BCUT2D eigenvalue weighted by Gasteiger charge is -2.20. The topological polar surface area (TPSA) is 69.6 Å². The SMILES string of the molecule is CC/C=C\C/C=C\C/C=C\C/C=C\C/C=C\C/C=C\C/C=C\C/C=C\CCCCCCCCC(=O)NC(CO)C(O)/C=C/CCCCCCCCCCCCCCCCCCCCCCCCCCCCCC. The van der Waals surface area contributed by atoms with Gasteiger partial charge in [0.25, 0.3) is 0 Å². The first-order valence-corrected chi connectivity index (χ1v) is 31.6. The molecule has 0 aliphatic rings. The van der Waals surface area contributed by atoms with E-state index < -0.39 is 12.1 Å². The van der Waals surface area contributed by atoms with Crippen LogP contribution in [0.2, 0.25) is 0 Å². The molecule has 0 bridgehead atoms. The zero-order valence-electron chi connectivity index (χ0n) is 48.4. The van der Waals surface area contributed by atoms with Crippen LogP contribution in [0.5, 0.6) is 0 Å². The van der Waals surface area contributed by atoms with Crippen LogP contribution in [-0.4, -0.2) is 34.9 Å². The van der Waals surface area contributed by atoms with Crippen molar-refractivity contribution < 1.29 is 15.0 Å². The lowest BCUT2D eigenvalue weighted by atomic mass is 10.0. The van der Waals surface area contributed by atoms with Crippen LogP contribution in [0.25, 0.3) is 0 Å². The predicted molar refractivity (Wildman–Crippen MR) is 326 cm³/mol. The van der Waals surface area contributed by atoms with Crippen molar-refractivity contribution in [2.24, 2.45) is 0 Å². The number of amides is 1. The number of rotatable bonds is 57. The molecule has 0 aromatic rings. The zero-order chi connectivity index (χ0) is 52.7. The molecule has 0 radical (unpaired) electrons. The minimum absolute atomic E-state index is 0.0798. The van der Waals surface area contributed by atoms with E-state index in [0.717, 1.165) is 89.9 Å². The molecule has 420 valence electrons. The lowest BCUT2D eigenvalue weighted by Crippen LogP contribution is -2.45. The number of hydrogen-bond acceptors (Lipinski definition) is 3. The number of carbonyl (C=O) groups excluding carboxylic acids is 1. The van der Waals surface area contributed by atoms with E-state index in [0.29, 0.717) is 6.42 Å². The Morgan fingerprint density at radius 2 is 0.603 bits per heavy atom. The monoisotopic (exact) mass is 1010 g/mol. The predicted octanol–water partition coefficient (Wildman–Crippen LogP) is 21.4. The van der Waals surface area contributed by atoms with Crippen LogP contribution in [0, 0.1) is 0 Å². The molecule has 1 amide bonds. The van der Waals surface area contributed by atoms with Crippen LogP contribution in [0.4, 0.5) is 0 Å². The normalized spacial score (nSPS) is 13.5. The summed E-state index contributed by atoms with van der Waals surface area (Å²) in [6, 6.07) is -0.640. The number of allylic oxidation sites excluding steroid dienone is 17. The number of aliphatic hydroxyl groups is 2. The first kappa shape index (κ1) is 70.1. The molecular formula is C69H121NO3. The summed E-state index contributed by atoms with van der Waals surface area (Å²) in [5.41, 5.74) is 0. The molecule has 73 heavy (non-hydrogen) atoms. The summed E-state index contributed by atoms with van der Waals surface area (Å²) in [5.74, 6) is -0.0798. The molecule has 0 aliphatic carbocycles. The fourth-order valence-electron chi connectivity index (χ4n) is 9.26. The largest absolute Gasteiger partial charge is 0.394 e. The Bertz CT molecular complexity index is 1380. The van der Waals surface area contributed by atoms with Gasteiger partial charge in [-0.3, -0.25) is 4.79 Å². The van der Waals surface area contributed by atoms with Crippen LogP contribution >= 0.6 is 0 Å². The molecule has 0 aromatic heterocycles. The molecular weight excluding hydrogens is 891 g/mol. The quantitative estimate of drug-likeness (QED) is 0.0420. The van der Waals surface area contributed by atoms with Crippen molar-refractivity contribution in [1.82, 2.24) is 5.32 Å². The van der Waals surface area contributed by atoms with Crippen molar-refractivity contribution in [3.05, 3.63) is 109 Å². The van der Waals surface area contributed by atoms with Crippen molar-refractivity contribution in [1.29, 1.82) is 0 Å². The highest BCUT2D eigenvalue weighted by Gasteiger charge is 2.18. The third kappa shape index (κ3) is 59.8. The second-order valence-corrected chi connectivity index (χ2v) is 21.1. The average Bonchev–Trinajstić information content (AvgIpc) is 3.40. The maximum absolute atomic E-state index is 12.5. The molecule has 0 spiro atoms. The van der Waals surface area contributed by atoms with E-state index in [2.05, 4.69) is 116 Å². The Kier molecular flexibility index (Phi) is 60.8. The third-order valence-electron chi connectivity index (χ3n) is 14.0. The highest BCUT2D eigenvalue weighted by atomic mass is 16.3. The summed E-state index contributed by atoms with van der Waals surface area (Å²) in [5, 5.41) is 23.2. The van der Waals surface area contributed by atoms with Gasteiger partial charge in [0.15, 0.2) is 0 Å². The summed E-state index contributed by atoms with van der Waals surface area (Å²) in [7, 11) is 0. The van der Waals surface area contributed by atoms with Crippen molar-refractivity contribution in [2.45, 2.75) is 315 Å². The molecule has 4 heteroatoms. The minimum Gasteiger partial charge on any atom is -0.394 e. The van der Waals surface area contributed by atoms with Gasteiger partial charge in [-0.1, -0.05) is 322 Å². The van der Waals surface area contributed by atoms with E-state index in [-0.39, 0.29) is 12.5 Å². The summed E-state index contributed by atoms with van der Waals surface area (Å²) >= 11 is 0. The number of unbranched alkanes of at least 4 members (excludes halogenated alkanes) is 34. The number of nitrogens with one attached hydrogen (secondary N) is 1. The van der Waals surface area contributed by atoms with E-state index in [9.17, 15) is 15.0 Å². The van der Waals surface area contributed by atoms with Gasteiger partial charge in [-0.15, -0.1) is 0 Å². The van der Waals surface area contributed by atoms with Crippen LogP contribution in [0.3, 0.4) is 0 Å². The highest BCUT2D eigenvalue weighted by molar-refractivity contribution is 5.76. The van der Waals surface area contributed by atoms with Gasteiger partial charge in [-0.25, -0.2) is 0 Å². The van der Waals surface area contributed by atoms with Crippen LogP contribution in [0.1, 0.15) is 303 Å². The molecule has 0 fully saturated rings. The van der Waals surface area contributed by atoms with Crippen LogP contribution in [-0.2, 0) is 4.79 Å². The lowest BCUT2D eigenvalue weighted by molar-refractivity contribution is -0.123. The molecule has 0 aliphatic heterocycles.